The summed E-state index contributed by atoms with van der Waals surface area (Å²) >= 11 is 0. The van der Waals surface area contributed by atoms with Gasteiger partial charge < -0.3 is 24.6 Å². The Kier molecular flexibility index (Phi) is 16.9. The number of hydrogen-bond donors (Lipinski definition) is 3. The minimum atomic E-state index is -5.38. The third kappa shape index (κ3) is 10.6. The van der Waals surface area contributed by atoms with E-state index in [1.54, 1.807) is 127 Å². The Morgan fingerprint density at radius 1 is 0.677 bits per heavy atom. The number of primary sulfonamides is 1. The molecule has 2 saturated heterocycles. The van der Waals surface area contributed by atoms with E-state index >= 15 is 34.8 Å². The van der Waals surface area contributed by atoms with Crippen LogP contribution in [0, 0.1) is 5.41 Å². The molecule has 0 aromatic heterocycles. The highest BCUT2D eigenvalue weighted by Gasteiger charge is 2.75. The number of sulfonamides is 1. The number of alkyl halides is 3. The molecule has 3 aliphatic heterocycles. The maximum atomic E-state index is 18.0. The van der Waals surface area contributed by atoms with Gasteiger partial charge in [-0.2, -0.15) is 10.1 Å². The van der Waals surface area contributed by atoms with Gasteiger partial charge in [0.25, 0.3) is 0 Å². The monoisotopic (exact) mass is 1290 g/mol. The van der Waals surface area contributed by atoms with Crippen LogP contribution < -0.4 is 16.0 Å². The van der Waals surface area contributed by atoms with Crippen LogP contribution in [-0.4, -0.2) is 136 Å². The summed E-state index contributed by atoms with van der Waals surface area (Å²) < 4.78 is 132. The van der Waals surface area contributed by atoms with Crippen molar-refractivity contribution in [1.82, 2.24) is 30.8 Å². The van der Waals surface area contributed by atoms with Crippen LogP contribution >= 0.6 is 0 Å². The molecule has 8 atom stereocenters. The van der Waals surface area contributed by atoms with Crippen LogP contribution in [0.3, 0.4) is 0 Å². The standard InChI is InChI=1S/C73H71F3N8O7S2/c1-78-71(57-37-19-8-20-38-57)43-24-21-39-59(71)91-72(70(56-35-17-7-18-36-56)42-23-22-40-60(70)93(77,88)89)63(55-33-15-6-16-34-55)62(54-31-13-5-14-32-54)65(81-47-49-90-50-48-81)64(66(72)84-80-79-51-83(84)73(74,75)76)69(68(85)82-45-25-26-46-82)44-41-58(52-27-9-3-10-28-52)61(67(69)92(2,86)87)53-29-11-4-12-30-53/h3-24,27-44,51,59-60,66-67,78,80H,25-26,45-50H2,1-2H3,(H2,77,88,89). The summed E-state index contributed by atoms with van der Waals surface area (Å²) in [6.07, 6.45) is 12.8. The normalized spacial score (nSPS) is 27.6. The van der Waals surface area contributed by atoms with E-state index in [4.69, 9.17) is 14.6 Å². The first-order valence-corrected chi connectivity index (χ1v) is 34.6. The Morgan fingerprint density at radius 2 is 1.22 bits per heavy atom. The number of rotatable bonds is 16. The Morgan fingerprint density at radius 3 is 1.78 bits per heavy atom. The molecule has 7 aliphatic rings. The molecule has 0 radical (unpaired) electrons. The Hall–Kier alpha value is -8.73. The molecule has 2 fully saturated rings. The summed E-state index contributed by atoms with van der Waals surface area (Å²) in [5, 5.41) is 11.5. The zero-order valence-corrected chi connectivity index (χ0v) is 52.9. The molecule has 6 aromatic rings. The van der Waals surface area contributed by atoms with Crippen molar-refractivity contribution in [2.45, 2.75) is 58.3 Å². The number of hydrazone groups is 1. The minimum absolute atomic E-state index is 0.0334. The number of carbonyl (C=O) groups is 1. The molecule has 1 amide bonds. The van der Waals surface area contributed by atoms with Gasteiger partial charge in [0.15, 0.2) is 9.84 Å². The number of likely N-dealkylation sites (N-methyl/N-ethyl adjacent to an activating group) is 1. The molecule has 4 N–H and O–H groups in total. The highest BCUT2D eigenvalue weighted by Crippen LogP contribution is 2.67. The molecule has 93 heavy (non-hydrogen) atoms. The molecule has 15 nitrogen and oxygen atoms in total. The molecule has 13 rings (SSSR count). The summed E-state index contributed by atoms with van der Waals surface area (Å²) in [4.78, 5) is 21.6. The van der Waals surface area contributed by atoms with Crippen LogP contribution in [0.4, 0.5) is 13.2 Å². The van der Waals surface area contributed by atoms with Crippen LogP contribution in [0.25, 0.3) is 22.3 Å². The largest absolute Gasteiger partial charge is 0.501 e. The average molecular weight is 1290 g/mol. The summed E-state index contributed by atoms with van der Waals surface area (Å²) in [6.45, 7) is 0.629. The smallest absolute Gasteiger partial charge is 0.378 e. The fourth-order valence-electron chi connectivity index (χ4n) is 15.5. The summed E-state index contributed by atoms with van der Waals surface area (Å²) in [5.41, 5.74) is -2.75. The summed E-state index contributed by atoms with van der Waals surface area (Å²) in [5.74, 6) is -0.730. The molecule has 20 heteroatoms. The fraction of sp³-hybridized carbons (Fsp3) is 0.260. The lowest BCUT2D eigenvalue weighted by Crippen LogP contribution is -2.77. The van der Waals surface area contributed by atoms with Crippen LogP contribution in [0.1, 0.15) is 46.2 Å². The van der Waals surface area contributed by atoms with Crippen molar-refractivity contribution in [3.63, 3.8) is 0 Å². The summed E-state index contributed by atoms with van der Waals surface area (Å²) in [7, 11) is -8.11. The number of likely N-dealkylation sites (tertiary alicyclic amines) is 1. The highest BCUT2D eigenvalue weighted by atomic mass is 32.2. The van der Waals surface area contributed by atoms with Gasteiger partial charge in [0.2, 0.25) is 15.9 Å². The van der Waals surface area contributed by atoms with Gasteiger partial charge >= 0.3 is 6.30 Å². The van der Waals surface area contributed by atoms with Gasteiger partial charge in [-0.15, -0.1) is 13.2 Å². The molecular formula is C73H71F3N8O7S2. The lowest BCUT2D eigenvalue weighted by Gasteiger charge is -2.64. The van der Waals surface area contributed by atoms with Crippen LogP contribution in [0.2, 0.25) is 0 Å². The SMILES string of the molecule is CNC1(c2ccccc2)C=CC=CC1OC1(C2(c3ccccc3)C=CC=CC2S(N)(=O)=O)C(c2ccccc2)=C(c2ccccc2)C(N2CCOCC2)=C(C2(C(=O)N3CCCC3)C=CC(c3ccccc3)=C(c3ccccc3)C2S(C)(=O)=O)C1N1NN=CN1C(F)(F)F. The number of nitrogens with one attached hydrogen (secondary N) is 2. The number of nitrogens with zero attached hydrogens (tertiary/aromatic N) is 5. The third-order valence-corrected chi connectivity index (χ3v) is 21.9. The predicted molar refractivity (Wildman–Crippen MR) is 356 cm³/mol. The first-order valence-electron chi connectivity index (χ1n) is 31.0. The first kappa shape index (κ1) is 63.0. The van der Waals surface area contributed by atoms with Gasteiger partial charge in [-0.1, -0.05) is 248 Å². The Labute approximate surface area is 540 Å². The van der Waals surface area contributed by atoms with Gasteiger partial charge in [-0.25, -0.2) is 27.5 Å². The second kappa shape index (κ2) is 25.0. The van der Waals surface area contributed by atoms with E-state index in [9.17, 15) is 0 Å². The fourth-order valence-corrected chi connectivity index (χ4v) is 18.4. The van der Waals surface area contributed by atoms with Gasteiger partial charge in [0.05, 0.1) is 24.2 Å². The molecule has 0 bridgehead atoms. The predicted octanol–water partition coefficient (Wildman–Crippen LogP) is 10.4. The Balaban J connectivity index is 1.36. The van der Waals surface area contributed by atoms with Gasteiger partial charge in [0, 0.05) is 49.3 Å². The lowest BCUT2D eigenvalue weighted by atomic mass is 9.50. The maximum absolute atomic E-state index is 18.0. The van der Waals surface area contributed by atoms with E-state index in [1.165, 1.54) is 12.2 Å². The highest BCUT2D eigenvalue weighted by molar-refractivity contribution is 7.92. The van der Waals surface area contributed by atoms with Crippen LogP contribution in [-0.2, 0) is 45.1 Å². The number of hydrogen-bond acceptors (Lipinski definition) is 13. The van der Waals surface area contributed by atoms with Crippen molar-refractivity contribution in [1.29, 1.82) is 0 Å². The topological polar surface area (TPSA) is 179 Å². The van der Waals surface area contributed by atoms with Crippen molar-refractivity contribution in [3.8, 4) is 0 Å². The molecular weight excluding hydrogens is 1220 g/mol. The minimum Gasteiger partial charge on any atom is -0.378 e. The molecule has 0 spiro atoms. The van der Waals surface area contributed by atoms with Crippen molar-refractivity contribution >= 4 is 54.4 Å². The second-order valence-corrected chi connectivity index (χ2v) is 28.0. The van der Waals surface area contributed by atoms with E-state index in [0.29, 0.717) is 58.1 Å². The zero-order chi connectivity index (χ0) is 64.8. The van der Waals surface area contributed by atoms with E-state index < -0.39 is 76.7 Å². The van der Waals surface area contributed by atoms with E-state index in [0.717, 1.165) is 11.4 Å². The van der Waals surface area contributed by atoms with Crippen molar-refractivity contribution in [3.05, 3.63) is 287 Å². The number of carbonyl (C=O) groups excluding carboxylic acids is 1. The molecule has 8 unspecified atom stereocenters. The molecule has 478 valence electrons. The van der Waals surface area contributed by atoms with Gasteiger partial charge in [-0.3, -0.25) is 4.79 Å². The van der Waals surface area contributed by atoms with Crippen LogP contribution in [0.5, 0.6) is 0 Å². The van der Waals surface area contributed by atoms with E-state index in [2.05, 4.69) is 16.0 Å². The molecule has 4 aliphatic carbocycles. The van der Waals surface area contributed by atoms with E-state index in [1.807, 2.05) is 120 Å². The van der Waals surface area contributed by atoms with Gasteiger partial charge in [-0.05, 0) is 70.0 Å². The summed E-state index contributed by atoms with van der Waals surface area (Å²) in [6, 6.07) is 51.9. The molecule has 3 heterocycles. The average Bonchev–Trinajstić information content (AvgIpc) is 1.30. The number of halogens is 3. The quantitative estimate of drug-likeness (QED) is 0.0782. The lowest BCUT2D eigenvalue weighted by molar-refractivity contribution is -0.301. The number of benzene rings is 6. The number of hydrazine groups is 2. The second-order valence-electron chi connectivity index (χ2n) is 24.2. The Bertz CT molecular complexity index is 4310. The van der Waals surface area contributed by atoms with Crippen LogP contribution in [0.15, 0.2) is 259 Å². The number of amides is 1. The number of nitrogens with two attached hydrogens (primary N) is 1. The number of morpholine rings is 1. The van der Waals surface area contributed by atoms with Crippen molar-refractivity contribution < 1.29 is 44.3 Å². The number of sulfone groups is 1. The van der Waals surface area contributed by atoms with Crippen molar-refractivity contribution in [2.75, 3.05) is 52.7 Å². The maximum Gasteiger partial charge on any atom is 0.501 e. The third-order valence-electron chi connectivity index (χ3n) is 19.2. The zero-order valence-electron chi connectivity index (χ0n) is 51.3. The molecule has 0 saturated carbocycles. The molecule has 6 aromatic carbocycles. The first-order chi connectivity index (χ1) is 44.9. The number of ether oxygens (including phenoxy) is 2. The number of allylic oxidation sites excluding steroid dienone is 7. The van der Waals surface area contributed by atoms with Gasteiger partial charge in [0.1, 0.15) is 40.0 Å². The van der Waals surface area contributed by atoms with E-state index in [-0.39, 0.29) is 72.4 Å². The van der Waals surface area contributed by atoms with Crippen molar-refractivity contribution in [2.24, 2.45) is 15.7 Å².